The molecule has 0 heterocycles. The van der Waals surface area contributed by atoms with Gasteiger partial charge in [-0.3, -0.25) is 4.79 Å². The molecular formula is C21H27NO2. The molecule has 3 heteroatoms. The molecule has 0 aliphatic rings. The van der Waals surface area contributed by atoms with E-state index in [1.165, 1.54) is 5.56 Å². The van der Waals surface area contributed by atoms with Crippen molar-refractivity contribution in [1.82, 2.24) is 0 Å². The van der Waals surface area contributed by atoms with Crippen LogP contribution in [-0.4, -0.2) is 12.0 Å². The minimum Gasteiger partial charge on any atom is -0.481 e. The molecule has 0 aliphatic carbocycles. The number of hydrogen-bond acceptors (Lipinski definition) is 2. The molecule has 24 heavy (non-hydrogen) atoms. The van der Waals surface area contributed by atoms with E-state index in [1.807, 2.05) is 38.1 Å². The summed E-state index contributed by atoms with van der Waals surface area (Å²) in [4.78, 5) is 12.4. The van der Waals surface area contributed by atoms with Gasteiger partial charge in [-0.25, -0.2) is 0 Å². The maximum atomic E-state index is 12.4. The SMILES string of the molecule is Cc1ccc(C(C)C)c(O[C@H](C)C(=O)Nc2ccc(C)c(C)c2)c1. The van der Waals surface area contributed by atoms with Gasteiger partial charge in [0.25, 0.3) is 5.91 Å². The molecule has 0 radical (unpaired) electrons. The fraction of sp³-hybridized carbons (Fsp3) is 0.381. The summed E-state index contributed by atoms with van der Waals surface area (Å²) in [6.07, 6.45) is -0.564. The molecule has 0 unspecified atom stereocenters. The molecule has 1 N–H and O–H groups in total. The van der Waals surface area contributed by atoms with Gasteiger partial charge < -0.3 is 10.1 Å². The Labute approximate surface area is 145 Å². The summed E-state index contributed by atoms with van der Waals surface area (Å²) in [5.41, 5.74) is 5.40. The molecule has 0 saturated heterocycles. The van der Waals surface area contributed by atoms with E-state index in [1.54, 1.807) is 6.92 Å². The topological polar surface area (TPSA) is 38.3 Å². The maximum absolute atomic E-state index is 12.4. The van der Waals surface area contributed by atoms with E-state index < -0.39 is 6.10 Å². The van der Waals surface area contributed by atoms with Gasteiger partial charge in [0.1, 0.15) is 5.75 Å². The van der Waals surface area contributed by atoms with Gasteiger partial charge in [-0.15, -0.1) is 0 Å². The van der Waals surface area contributed by atoms with Crippen LogP contribution >= 0.6 is 0 Å². The van der Waals surface area contributed by atoms with Crippen LogP contribution in [0.15, 0.2) is 36.4 Å². The lowest BCUT2D eigenvalue weighted by Crippen LogP contribution is -2.30. The summed E-state index contributed by atoms with van der Waals surface area (Å²) in [5, 5.41) is 2.93. The number of carbonyl (C=O) groups is 1. The molecule has 1 atom stereocenters. The molecule has 1 amide bonds. The zero-order valence-corrected chi connectivity index (χ0v) is 15.4. The minimum absolute atomic E-state index is 0.144. The largest absolute Gasteiger partial charge is 0.481 e. The molecule has 0 aromatic heterocycles. The van der Waals surface area contributed by atoms with Gasteiger partial charge >= 0.3 is 0 Å². The van der Waals surface area contributed by atoms with Crippen molar-refractivity contribution in [3.63, 3.8) is 0 Å². The summed E-state index contributed by atoms with van der Waals surface area (Å²) >= 11 is 0. The number of amides is 1. The highest BCUT2D eigenvalue weighted by Crippen LogP contribution is 2.28. The average molecular weight is 325 g/mol. The monoisotopic (exact) mass is 325 g/mol. The van der Waals surface area contributed by atoms with Crippen LogP contribution < -0.4 is 10.1 Å². The van der Waals surface area contributed by atoms with Gasteiger partial charge in [-0.05, 0) is 74.1 Å². The van der Waals surface area contributed by atoms with E-state index in [0.29, 0.717) is 5.92 Å². The Morgan fingerprint density at radius 3 is 2.29 bits per heavy atom. The summed E-state index contributed by atoms with van der Waals surface area (Å²) < 4.78 is 5.96. The smallest absolute Gasteiger partial charge is 0.265 e. The predicted molar refractivity (Wildman–Crippen MR) is 99.9 cm³/mol. The molecule has 0 fully saturated rings. The van der Waals surface area contributed by atoms with Gasteiger partial charge in [-0.1, -0.05) is 32.0 Å². The van der Waals surface area contributed by atoms with E-state index in [-0.39, 0.29) is 5.91 Å². The van der Waals surface area contributed by atoms with Crippen LogP contribution in [-0.2, 0) is 4.79 Å². The first-order chi connectivity index (χ1) is 11.3. The van der Waals surface area contributed by atoms with Gasteiger partial charge in [0.05, 0.1) is 0 Å². The summed E-state index contributed by atoms with van der Waals surface area (Å²) in [5.74, 6) is 0.984. The third-order valence-electron chi connectivity index (χ3n) is 4.24. The van der Waals surface area contributed by atoms with Crippen molar-refractivity contribution in [2.75, 3.05) is 5.32 Å². The van der Waals surface area contributed by atoms with Crippen LogP contribution in [0.5, 0.6) is 5.75 Å². The molecule has 2 rings (SSSR count). The first-order valence-electron chi connectivity index (χ1n) is 8.43. The lowest BCUT2D eigenvalue weighted by atomic mass is 10.0. The number of carbonyl (C=O) groups excluding carboxylic acids is 1. The lowest BCUT2D eigenvalue weighted by Gasteiger charge is -2.19. The average Bonchev–Trinajstić information content (AvgIpc) is 2.50. The van der Waals surface area contributed by atoms with Gasteiger partial charge in [0.2, 0.25) is 0 Å². The Balaban J connectivity index is 2.11. The van der Waals surface area contributed by atoms with Crippen molar-refractivity contribution >= 4 is 11.6 Å². The van der Waals surface area contributed by atoms with Crippen LogP contribution in [0.1, 0.15) is 48.9 Å². The molecule has 0 saturated carbocycles. The third-order valence-corrected chi connectivity index (χ3v) is 4.24. The second-order valence-corrected chi connectivity index (χ2v) is 6.74. The number of ether oxygens (including phenoxy) is 1. The number of aryl methyl sites for hydroxylation is 3. The number of nitrogens with one attached hydrogen (secondary N) is 1. The fourth-order valence-electron chi connectivity index (χ4n) is 2.53. The van der Waals surface area contributed by atoms with E-state index in [9.17, 15) is 4.79 Å². The van der Waals surface area contributed by atoms with Crippen LogP contribution in [0.25, 0.3) is 0 Å². The standard InChI is InChI=1S/C21H27NO2/c1-13(2)19-10-7-14(3)11-20(19)24-17(6)21(23)22-18-9-8-15(4)16(5)12-18/h7-13,17H,1-6H3,(H,22,23)/t17-/m1/s1. The highest BCUT2D eigenvalue weighted by molar-refractivity contribution is 5.94. The first-order valence-corrected chi connectivity index (χ1v) is 8.43. The van der Waals surface area contributed by atoms with E-state index in [0.717, 1.165) is 28.1 Å². The van der Waals surface area contributed by atoms with Crippen LogP contribution in [0.4, 0.5) is 5.69 Å². The van der Waals surface area contributed by atoms with Crippen molar-refractivity contribution < 1.29 is 9.53 Å². The Bertz CT molecular complexity index is 735. The Kier molecular flexibility index (Phi) is 5.66. The molecule has 0 aliphatic heterocycles. The normalized spacial score (nSPS) is 12.1. The number of benzene rings is 2. The second kappa shape index (κ2) is 7.52. The van der Waals surface area contributed by atoms with Gasteiger partial charge in [0, 0.05) is 5.69 Å². The van der Waals surface area contributed by atoms with E-state index in [4.69, 9.17) is 4.74 Å². The van der Waals surface area contributed by atoms with Gasteiger partial charge in [0.15, 0.2) is 6.10 Å². The van der Waals surface area contributed by atoms with E-state index >= 15 is 0 Å². The van der Waals surface area contributed by atoms with Crippen molar-refractivity contribution in [1.29, 1.82) is 0 Å². The summed E-state index contributed by atoms with van der Waals surface area (Å²) in [6.45, 7) is 12.1. The Morgan fingerprint density at radius 1 is 0.958 bits per heavy atom. The molecule has 3 nitrogen and oxygen atoms in total. The van der Waals surface area contributed by atoms with Crippen LogP contribution in [0, 0.1) is 20.8 Å². The molecule has 2 aromatic rings. The quantitative estimate of drug-likeness (QED) is 0.826. The van der Waals surface area contributed by atoms with Crippen molar-refractivity contribution in [2.45, 2.75) is 53.6 Å². The Morgan fingerprint density at radius 2 is 1.67 bits per heavy atom. The number of hydrogen-bond donors (Lipinski definition) is 1. The molecule has 128 valence electrons. The zero-order chi connectivity index (χ0) is 17.9. The fourth-order valence-corrected chi connectivity index (χ4v) is 2.53. The second-order valence-electron chi connectivity index (χ2n) is 6.74. The third kappa shape index (κ3) is 4.38. The summed E-state index contributed by atoms with van der Waals surface area (Å²) in [7, 11) is 0. The van der Waals surface area contributed by atoms with Crippen molar-refractivity contribution in [3.05, 3.63) is 58.7 Å². The highest BCUT2D eigenvalue weighted by atomic mass is 16.5. The highest BCUT2D eigenvalue weighted by Gasteiger charge is 2.18. The molecular weight excluding hydrogens is 298 g/mol. The molecule has 2 aromatic carbocycles. The number of rotatable bonds is 5. The summed E-state index contributed by atoms with van der Waals surface area (Å²) in [6, 6.07) is 12.0. The van der Waals surface area contributed by atoms with E-state index in [2.05, 4.69) is 38.2 Å². The lowest BCUT2D eigenvalue weighted by molar-refractivity contribution is -0.122. The molecule has 0 spiro atoms. The zero-order valence-electron chi connectivity index (χ0n) is 15.4. The predicted octanol–water partition coefficient (Wildman–Crippen LogP) is 5.14. The first kappa shape index (κ1) is 18.1. The van der Waals surface area contributed by atoms with Crippen LogP contribution in [0.3, 0.4) is 0 Å². The minimum atomic E-state index is -0.564. The van der Waals surface area contributed by atoms with Crippen molar-refractivity contribution in [3.8, 4) is 5.75 Å². The van der Waals surface area contributed by atoms with Crippen LogP contribution in [0.2, 0.25) is 0 Å². The maximum Gasteiger partial charge on any atom is 0.265 e. The van der Waals surface area contributed by atoms with Crippen molar-refractivity contribution in [2.24, 2.45) is 0 Å². The Hall–Kier alpha value is -2.29. The number of anilines is 1. The van der Waals surface area contributed by atoms with Gasteiger partial charge in [-0.2, -0.15) is 0 Å². The molecule has 0 bridgehead atoms.